The van der Waals surface area contributed by atoms with E-state index in [-0.39, 0.29) is 5.76 Å². The molecule has 3 N–H and O–H groups in total. The van der Waals surface area contributed by atoms with Crippen LogP contribution in [0.15, 0.2) is 4.42 Å². The summed E-state index contributed by atoms with van der Waals surface area (Å²) in [4.78, 5) is 28.9. The summed E-state index contributed by atoms with van der Waals surface area (Å²) in [7, 11) is -4.56. The van der Waals surface area contributed by atoms with Crippen molar-refractivity contribution in [2.24, 2.45) is 0 Å². The summed E-state index contributed by atoms with van der Waals surface area (Å²) in [6.45, 7) is 3.40. The number of carbonyl (C=O) groups is 1. The molecule has 0 aliphatic heterocycles. The van der Waals surface area contributed by atoms with Crippen molar-refractivity contribution in [2.75, 3.05) is 0 Å². The third kappa shape index (κ3) is 2.19. The molecule has 16 heavy (non-hydrogen) atoms. The Morgan fingerprint density at radius 1 is 1.25 bits per heavy atom. The van der Waals surface area contributed by atoms with Crippen molar-refractivity contribution < 1.29 is 28.7 Å². The Morgan fingerprint density at radius 3 is 2.06 bits per heavy atom. The van der Waals surface area contributed by atoms with Crippen molar-refractivity contribution in [3.63, 3.8) is 0 Å². The van der Waals surface area contributed by atoms with Crippen LogP contribution in [0.3, 0.4) is 0 Å². The molecule has 90 valence electrons. The van der Waals surface area contributed by atoms with Gasteiger partial charge in [-0.15, -0.1) is 0 Å². The summed E-state index contributed by atoms with van der Waals surface area (Å²) in [5.41, 5.74) is 0.130. The van der Waals surface area contributed by atoms with Gasteiger partial charge in [-0.25, -0.2) is 4.79 Å². The number of aromatic carboxylic acids is 1. The van der Waals surface area contributed by atoms with E-state index >= 15 is 0 Å². The first kappa shape index (κ1) is 13.0. The second-order valence-electron chi connectivity index (χ2n) is 3.25. The minimum atomic E-state index is -4.56. The van der Waals surface area contributed by atoms with E-state index in [1.54, 1.807) is 13.8 Å². The topological polar surface area (TPSA) is 108 Å². The van der Waals surface area contributed by atoms with E-state index in [4.69, 9.17) is 19.3 Å². The molecule has 0 saturated carbocycles. The molecule has 1 aromatic rings. The standard InChI is InChI=1S/C9H13O6P/c1-3-5-6(4-2)9(16(12,13)14)15-7(5)8(10)11/h3-4H2,1-2H3,(H,10,11)(H2,12,13,14). The Hall–Kier alpha value is -1.10. The summed E-state index contributed by atoms with van der Waals surface area (Å²) < 4.78 is 15.9. The van der Waals surface area contributed by atoms with Crippen LogP contribution in [0.2, 0.25) is 0 Å². The van der Waals surface area contributed by atoms with Crippen LogP contribution in [0.4, 0.5) is 0 Å². The lowest BCUT2D eigenvalue weighted by Crippen LogP contribution is -2.07. The predicted octanol–water partition coefficient (Wildman–Crippen LogP) is 0.906. The normalized spacial score (nSPS) is 11.8. The number of carboxylic acid groups (broad SMARTS) is 1. The minimum absolute atomic E-state index is 0.299. The maximum absolute atomic E-state index is 11.1. The van der Waals surface area contributed by atoms with E-state index in [9.17, 15) is 9.36 Å². The summed E-state index contributed by atoms with van der Waals surface area (Å²) in [5, 5.41) is 8.85. The summed E-state index contributed by atoms with van der Waals surface area (Å²) in [6, 6.07) is 0. The van der Waals surface area contributed by atoms with E-state index in [0.717, 1.165) is 0 Å². The van der Waals surface area contributed by atoms with Gasteiger partial charge in [0.25, 0.3) is 0 Å². The second-order valence-corrected chi connectivity index (χ2v) is 4.74. The predicted molar refractivity (Wildman–Crippen MR) is 56.1 cm³/mol. The SMILES string of the molecule is CCc1c(C(=O)O)oc(P(=O)(O)O)c1CC. The van der Waals surface area contributed by atoms with Crippen LogP contribution >= 0.6 is 7.60 Å². The Balaban J connectivity index is 3.53. The monoisotopic (exact) mass is 248 g/mol. The van der Waals surface area contributed by atoms with E-state index < -0.39 is 19.1 Å². The molecular formula is C9H13O6P. The van der Waals surface area contributed by atoms with Gasteiger partial charge in [0.2, 0.25) is 11.3 Å². The van der Waals surface area contributed by atoms with Crippen LogP contribution in [0.5, 0.6) is 0 Å². The highest BCUT2D eigenvalue weighted by Crippen LogP contribution is 2.38. The number of rotatable bonds is 4. The van der Waals surface area contributed by atoms with E-state index in [0.29, 0.717) is 24.0 Å². The van der Waals surface area contributed by atoms with Gasteiger partial charge in [0.15, 0.2) is 0 Å². The van der Waals surface area contributed by atoms with Gasteiger partial charge in [-0.05, 0) is 12.8 Å². The van der Waals surface area contributed by atoms with Crippen LogP contribution in [-0.4, -0.2) is 20.9 Å². The molecule has 0 aromatic carbocycles. The quantitative estimate of drug-likeness (QED) is 0.683. The zero-order valence-electron chi connectivity index (χ0n) is 8.93. The van der Waals surface area contributed by atoms with Crippen molar-refractivity contribution in [2.45, 2.75) is 26.7 Å². The van der Waals surface area contributed by atoms with Gasteiger partial charge in [-0.1, -0.05) is 13.8 Å². The van der Waals surface area contributed by atoms with Gasteiger partial charge in [0.05, 0.1) is 0 Å². The van der Waals surface area contributed by atoms with Gasteiger partial charge in [-0.2, -0.15) is 0 Å². The largest absolute Gasteiger partial charge is 0.475 e. The Bertz CT molecular complexity index is 455. The van der Waals surface area contributed by atoms with Crippen molar-refractivity contribution in [1.82, 2.24) is 0 Å². The fourth-order valence-electron chi connectivity index (χ4n) is 1.63. The van der Waals surface area contributed by atoms with Crippen molar-refractivity contribution in [1.29, 1.82) is 0 Å². The number of hydrogen-bond donors (Lipinski definition) is 3. The molecule has 0 spiro atoms. The lowest BCUT2D eigenvalue weighted by molar-refractivity contribution is 0.0662. The zero-order valence-corrected chi connectivity index (χ0v) is 9.82. The Labute approximate surface area is 92.1 Å². The summed E-state index contributed by atoms with van der Waals surface area (Å²) >= 11 is 0. The molecule has 7 heteroatoms. The number of carboxylic acids is 1. The third-order valence-electron chi connectivity index (χ3n) is 2.26. The molecule has 6 nitrogen and oxygen atoms in total. The summed E-state index contributed by atoms with van der Waals surface area (Å²) in [6.07, 6.45) is 0.675. The molecule has 0 unspecified atom stereocenters. The first-order chi connectivity index (χ1) is 7.32. The fourth-order valence-corrected chi connectivity index (χ4v) is 2.49. The molecular weight excluding hydrogens is 235 g/mol. The lowest BCUT2D eigenvalue weighted by Gasteiger charge is -2.02. The van der Waals surface area contributed by atoms with Gasteiger partial charge in [0.1, 0.15) is 0 Å². The Morgan fingerprint density at radius 2 is 1.75 bits per heavy atom. The van der Waals surface area contributed by atoms with Crippen LogP contribution in [0.25, 0.3) is 0 Å². The first-order valence-electron chi connectivity index (χ1n) is 4.76. The molecule has 0 bridgehead atoms. The average molecular weight is 248 g/mol. The molecule has 1 heterocycles. The fraction of sp³-hybridized carbons (Fsp3) is 0.444. The molecule has 0 aliphatic carbocycles. The minimum Gasteiger partial charge on any atom is -0.475 e. The van der Waals surface area contributed by atoms with Gasteiger partial charge in [-0.3, -0.25) is 4.57 Å². The first-order valence-corrected chi connectivity index (χ1v) is 6.38. The second kappa shape index (κ2) is 4.41. The van der Waals surface area contributed by atoms with Crippen LogP contribution in [0.1, 0.15) is 35.5 Å². The van der Waals surface area contributed by atoms with Gasteiger partial charge < -0.3 is 19.3 Å². The van der Waals surface area contributed by atoms with Crippen molar-refractivity contribution in [3.05, 3.63) is 16.9 Å². The van der Waals surface area contributed by atoms with Gasteiger partial charge >= 0.3 is 13.6 Å². The molecule has 0 radical (unpaired) electrons. The van der Waals surface area contributed by atoms with E-state index in [2.05, 4.69) is 0 Å². The smallest absolute Gasteiger partial charge is 0.391 e. The van der Waals surface area contributed by atoms with Crippen molar-refractivity contribution in [3.8, 4) is 0 Å². The van der Waals surface area contributed by atoms with Crippen LogP contribution in [-0.2, 0) is 17.4 Å². The van der Waals surface area contributed by atoms with Crippen molar-refractivity contribution >= 4 is 19.1 Å². The molecule has 0 aliphatic rings. The number of hydrogen-bond acceptors (Lipinski definition) is 3. The van der Waals surface area contributed by atoms with E-state index in [1.165, 1.54) is 0 Å². The number of furan rings is 1. The average Bonchev–Trinajstić information content (AvgIpc) is 2.54. The molecule has 0 fully saturated rings. The van der Waals surface area contributed by atoms with Crippen LogP contribution in [0, 0.1) is 0 Å². The third-order valence-corrected chi connectivity index (χ3v) is 3.15. The molecule has 1 rings (SSSR count). The highest BCUT2D eigenvalue weighted by Gasteiger charge is 2.32. The summed E-state index contributed by atoms with van der Waals surface area (Å²) in [5.74, 6) is -1.69. The molecule has 1 aromatic heterocycles. The zero-order chi connectivity index (χ0) is 12.5. The van der Waals surface area contributed by atoms with E-state index in [1.807, 2.05) is 0 Å². The van der Waals surface area contributed by atoms with Gasteiger partial charge in [0, 0.05) is 11.1 Å². The highest BCUT2D eigenvalue weighted by molar-refractivity contribution is 7.59. The van der Waals surface area contributed by atoms with Crippen LogP contribution < -0.4 is 5.50 Å². The maximum atomic E-state index is 11.1. The maximum Gasteiger partial charge on any atom is 0.391 e. The highest BCUT2D eigenvalue weighted by atomic mass is 31.2. The Kier molecular flexibility index (Phi) is 3.57. The molecule has 0 saturated heterocycles. The molecule has 0 amide bonds. The molecule has 0 atom stereocenters. The lowest BCUT2D eigenvalue weighted by atomic mass is 10.1.